The van der Waals surface area contributed by atoms with E-state index in [9.17, 15) is 13.2 Å². The van der Waals surface area contributed by atoms with Crippen LogP contribution in [0, 0.1) is 17.5 Å². The van der Waals surface area contributed by atoms with E-state index >= 15 is 0 Å². The highest BCUT2D eigenvalue weighted by Gasteiger charge is 2.12. The maximum atomic E-state index is 13.3. The third-order valence-corrected chi connectivity index (χ3v) is 2.10. The number of pyridine rings is 1. The molecule has 1 aromatic heterocycles. The molecule has 2 rings (SSSR count). The Morgan fingerprint density at radius 3 is 2.59 bits per heavy atom. The van der Waals surface area contributed by atoms with Gasteiger partial charge in [-0.05, 0) is 12.1 Å². The third-order valence-electron chi connectivity index (χ3n) is 2.10. The van der Waals surface area contributed by atoms with Crippen molar-refractivity contribution in [1.29, 1.82) is 0 Å². The van der Waals surface area contributed by atoms with Crippen LogP contribution in [0.3, 0.4) is 0 Å². The maximum absolute atomic E-state index is 13.3. The topological polar surface area (TPSA) is 50.9 Å². The van der Waals surface area contributed by atoms with Crippen LogP contribution in [0.1, 0.15) is 0 Å². The first-order valence-corrected chi connectivity index (χ1v) is 4.70. The largest absolute Gasteiger partial charge is 0.382 e. The van der Waals surface area contributed by atoms with Crippen LogP contribution in [-0.2, 0) is 0 Å². The van der Waals surface area contributed by atoms with Crippen LogP contribution in [-0.4, -0.2) is 4.98 Å². The van der Waals surface area contributed by atoms with Gasteiger partial charge in [-0.15, -0.1) is 0 Å². The van der Waals surface area contributed by atoms with Gasteiger partial charge in [0, 0.05) is 18.3 Å². The van der Waals surface area contributed by atoms with Crippen LogP contribution in [0.4, 0.5) is 30.4 Å². The molecule has 6 heteroatoms. The second-order valence-electron chi connectivity index (χ2n) is 3.31. The van der Waals surface area contributed by atoms with Gasteiger partial charge in [-0.2, -0.15) is 0 Å². The summed E-state index contributed by atoms with van der Waals surface area (Å²) in [6, 6.07) is 4.38. The molecule has 0 saturated heterocycles. The second kappa shape index (κ2) is 4.32. The number of anilines is 3. The zero-order chi connectivity index (χ0) is 12.4. The number of hydrogen-bond acceptors (Lipinski definition) is 3. The van der Waals surface area contributed by atoms with Gasteiger partial charge < -0.3 is 11.1 Å². The molecule has 0 radical (unpaired) electrons. The molecule has 0 aliphatic carbocycles. The van der Waals surface area contributed by atoms with Crippen LogP contribution in [0.15, 0.2) is 30.5 Å². The van der Waals surface area contributed by atoms with Crippen molar-refractivity contribution in [2.75, 3.05) is 11.1 Å². The van der Waals surface area contributed by atoms with E-state index < -0.39 is 17.5 Å². The van der Waals surface area contributed by atoms with E-state index in [2.05, 4.69) is 10.3 Å². The Kier molecular flexibility index (Phi) is 2.86. The summed E-state index contributed by atoms with van der Waals surface area (Å²) in [6.07, 6.45) is 1.45. The number of rotatable bonds is 2. The van der Waals surface area contributed by atoms with Gasteiger partial charge >= 0.3 is 0 Å². The number of benzene rings is 1. The molecule has 0 aliphatic rings. The standard InChI is InChI=1S/C11H8F3N3/c12-6-4-7(13)10(14)9(5-6)17-8-2-1-3-16-11(8)15/h1-5,17H,(H2,15,16). The average molecular weight is 239 g/mol. The highest BCUT2D eigenvalue weighted by atomic mass is 19.2. The Bertz CT molecular complexity index is 558. The average Bonchev–Trinajstić information content (AvgIpc) is 2.28. The molecule has 17 heavy (non-hydrogen) atoms. The van der Waals surface area contributed by atoms with Crippen molar-refractivity contribution in [3.05, 3.63) is 47.9 Å². The lowest BCUT2D eigenvalue weighted by atomic mass is 10.2. The Morgan fingerprint density at radius 1 is 1.12 bits per heavy atom. The van der Waals surface area contributed by atoms with Gasteiger partial charge in [0.2, 0.25) is 0 Å². The first kappa shape index (κ1) is 11.3. The number of aromatic nitrogens is 1. The van der Waals surface area contributed by atoms with Crippen LogP contribution < -0.4 is 11.1 Å². The van der Waals surface area contributed by atoms with E-state index in [1.54, 1.807) is 6.07 Å². The summed E-state index contributed by atoms with van der Waals surface area (Å²) in [5.41, 5.74) is 5.45. The SMILES string of the molecule is Nc1ncccc1Nc1cc(F)cc(F)c1F. The Labute approximate surface area is 95.1 Å². The fourth-order valence-electron chi connectivity index (χ4n) is 1.32. The minimum absolute atomic E-state index is 0.108. The van der Waals surface area contributed by atoms with Crippen LogP contribution in [0.2, 0.25) is 0 Å². The molecule has 0 atom stereocenters. The van der Waals surface area contributed by atoms with Gasteiger partial charge in [-0.25, -0.2) is 18.2 Å². The molecule has 0 aliphatic heterocycles. The van der Waals surface area contributed by atoms with Crippen molar-refractivity contribution in [3.8, 4) is 0 Å². The molecule has 0 spiro atoms. The molecule has 88 valence electrons. The van der Waals surface area contributed by atoms with Gasteiger partial charge in [0.1, 0.15) is 11.6 Å². The number of nitrogens with zero attached hydrogens (tertiary/aromatic N) is 1. The summed E-state index contributed by atoms with van der Waals surface area (Å²) >= 11 is 0. The summed E-state index contributed by atoms with van der Waals surface area (Å²) in [6.45, 7) is 0. The predicted molar refractivity (Wildman–Crippen MR) is 58.2 cm³/mol. The lowest BCUT2D eigenvalue weighted by Crippen LogP contribution is -2.01. The lowest BCUT2D eigenvalue weighted by molar-refractivity contribution is 0.498. The summed E-state index contributed by atoms with van der Waals surface area (Å²) in [7, 11) is 0. The van der Waals surface area contributed by atoms with Crippen molar-refractivity contribution in [1.82, 2.24) is 4.98 Å². The monoisotopic (exact) mass is 239 g/mol. The Morgan fingerprint density at radius 2 is 1.88 bits per heavy atom. The van der Waals surface area contributed by atoms with Gasteiger partial charge in [-0.1, -0.05) is 0 Å². The fraction of sp³-hybridized carbons (Fsp3) is 0. The normalized spacial score (nSPS) is 10.3. The highest BCUT2D eigenvalue weighted by molar-refractivity contribution is 5.69. The van der Waals surface area contributed by atoms with Crippen LogP contribution in [0.5, 0.6) is 0 Å². The van der Waals surface area contributed by atoms with E-state index in [1.165, 1.54) is 12.3 Å². The Hall–Kier alpha value is -2.24. The maximum Gasteiger partial charge on any atom is 0.182 e. The summed E-state index contributed by atoms with van der Waals surface area (Å²) < 4.78 is 39.2. The molecule has 0 amide bonds. The number of nitrogen functional groups attached to an aromatic ring is 1. The minimum atomic E-state index is -1.27. The molecule has 3 N–H and O–H groups in total. The summed E-state index contributed by atoms with van der Waals surface area (Å²) in [4.78, 5) is 3.76. The predicted octanol–water partition coefficient (Wildman–Crippen LogP) is 2.82. The zero-order valence-corrected chi connectivity index (χ0v) is 8.55. The van der Waals surface area contributed by atoms with Crippen molar-refractivity contribution in [2.45, 2.75) is 0 Å². The van der Waals surface area contributed by atoms with Gasteiger partial charge in [0.25, 0.3) is 0 Å². The van der Waals surface area contributed by atoms with E-state index in [1.807, 2.05) is 0 Å². The molecule has 1 aromatic carbocycles. The van der Waals surface area contributed by atoms with Gasteiger partial charge in [-0.3, -0.25) is 0 Å². The van der Waals surface area contributed by atoms with Gasteiger partial charge in [0.05, 0.1) is 11.4 Å². The van der Waals surface area contributed by atoms with E-state index in [-0.39, 0.29) is 17.2 Å². The summed E-state index contributed by atoms with van der Waals surface area (Å²) in [5.74, 6) is -3.21. The molecule has 3 nitrogen and oxygen atoms in total. The van der Waals surface area contributed by atoms with Crippen LogP contribution >= 0.6 is 0 Å². The lowest BCUT2D eigenvalue weighted by Gasteiger charge is -2.09. The second-order valence-corrected chi connectivity index (χ2v) is 3.31. The van der Waals surface area contributed by atoms with E-state index in [0.717, 1.165) is 6.07 Å². The van der Waals surface area contributed by atoms with Crippen molar-refractivity contribution < 1.29 is 13.2 Å². The quantitative estimate of drug-likeness (QED) is 0.792. The molecular weight excluding hydrogens is 231 g/mol. The van der Waals surface area contributed by atoms with Gasteiger partial charge in [0.15, 0.2) is 11.6 Å². The van der Waals surface area contributed by atoms with Crippen molar-refractivity contribution in [3.63, 3.8) is 0 Å². The minimum Gasteiger partial charge on any atom is -0.382 e. The molecular formula is C11H8F3N3. The molecule has 1 heterocycles. The molecule has 0 unspecified atom stereocenters. The van der Waals surface area contributed by atoms with E-state index in [4.69, 9.17) is 5.73 Å². The Balaban J connectivity index is 2.40. The first-order chi connectivity index (χ1) is 8.08. The fourth-order valence-corrected chi connectivity index (χ4v) is 1.32. The number of halogens is 3. The van der Waals surface area contributed by atoms with Crippen molar-refractivity contribution >= 4 is 17.2 Å². The number of nitrogens with one attached hydrogen (secondary N) is 1. The first-order valence-electron chi connectivity index (χ1n) is 4.70. The zero-order valence-electron chi connectivity index (χ0n) is 8.55. The van der Waals surface area contributed by atoms with Crippen molar-refractivity contribution in [2.24, 2.45) is 0 Å². The van der Waals surface area contributed by atoms with E-state index in [0.29, 0.717) is 6.07 Å². The number of hydrogen-bond donors (Lipinski definition) is 2. The highest BCUT2D eigenvalue weighted by Crippen LogP contribution is 2.25. The van der Waals surface area contributed by atoms with Crippen LogP contribution in [0.25, 0.3) is 0 Å². The molecule has 0 saturated carbocycles. The summed E-state index contributed by atoms with van der Waals surface area (Å²) in [5, 5.41) is 2.48. The molecule has 0 bridgehead atoms. The third kappa shape index (κ3) is 2.30. The molecule has 0 fully saturated rings. The molecule has 2 aromatic rings. The number of nitrogens with two attached hydrogens (primary N) is 1. The smallest absolute Gasteiger partial charge is 0.182 e.